The Labute approximate surface area is 161 Å². The lowest BCUT2D eigenvalue weighted by Crippen LogP contribution is -2.39. The molecule has 1 amide bonds. The third kappa shape index (κ3) is 3.66. The second kappa shape index (κ2) is 7.90. The van der Waals surface area contributed by atoms with Crippen LogP contribution in [0, 0.1) is 5.82 Å². The molecule has 3 aromatic rings. The number of benzene rings is 1. The van der Waals surface area contributed by atoms with E-state index in [1.807, 2.05) is 12.1 Å². The van der Waals surface area contributed by atoms with Gasteiger partial charge in [0.1, 0.15) is 11.4 Å². The molecule has 1 aromatic carbocycles. The summed E-state index contributed by atoms with van der Waals surface area (Å²) in [6.45, 7) is 1.31. The lowest BCUT2D eigenvalue weighted by molar-refractivity contribution is 0.0503. The number of amides is 1. The number of nitrogens with zero attached hydrogens (tertiary/aromatic N) is 2. The number of carbonyl (C=O) groups is 1. The molecule has 0 unspecified atom stereocenters. The second-order valence-corrected chi connectivity index (χ2v) is 6.84. The van der Waals surface area contributed by atoms with Gasteiger partial charge < -0.3 is 14.6 Å². The van der Waals surface area contributed by atoms with Crippen LogP contribution in [0.2, 0.25) is 0 Å². The number of para-hydroxylation sites is 1. The maximum Gasteiger partial charge on any atom is 0.259 e. The van der Waals surface area contributed by atoms with E-state index in [-0.39, 0.29) is 29.1 Å². The van der Waals surface area contributed by atoms with Gasteiger partial charge >= 0.3 is 0 Å². The molecule has 1 fully saturated rings. The highest BCUT2D eigenvalue weighted by Gasteiger charge is 2.26. The van der Waals surface area contributed by atoms with Crippen LogP contribution in [0.15, 0.2) is 53.6 Å². The maximum atomic E-state index is 13.9. The van der Waals surface area contributed by atoms with Crippen molar-refractivity contribution in [3.8, 4) is 0 Å². The quantitative estimate of drug-likeness (QED) is 0.737. The molecule has 1 atom stereocenters. The van der Waals surface area contributed by atoms with E-state index < -0.39 is 17.2 Å². The Kier molecular flexibility index (Phi) is 5.16. The van der Waals surface area contributed by atoms with Crippen LogP contribution >= 0.6 is 0 Å². The van der Waals surface area contributed by atoms with Crippen LogP contribution in [0.5, 0.6) is 0 Å². The fourth-order valence-corrected chi connectivity index (χ4v) is 3.48. The first kappa shape index (κ1) is 18.3. The van der Waals surface area contributed by atoms with E-state index in [0.717, 1.165) is 18.5 Å². The van der Waals surface area contributed by atoms with Crippen LogP contribution in [-0.4, -0.2) is 40.0 Å². The van der Waals surface area contributed by atoms with Crippen LogP contribution in [0.1, 0.15) is 28.9 Å². The largest absolute Gasteiger partial charge is 0.376 e. The molecule has 0 radical (unpaired) electrons. The van der Waals surface area contributed by atoms with Crippen molar-refractivity contribution in [2.24, 2.45) is 0 Å². The van der Waals surface area contributed by atoms with Gasteiger partial charge in [-0.1, -0.05) is 12.1 Å². The number of fused-ring (bicyclic) bond motifs is 1. The number of aromatic nitrogens is 2. The number of hydrogen-bond acceptors (Lipinski definition) is 4. The molecule has 1 saturated heterocycles. The summed E-state index contributed by atoms with van der Waals surface area (Å²) >= 11 is 0. The highest BCUT2D eigenvalue weighted by atomic mass is 19.1. The van der Waals surface area contributed by atoms with Crippen LogP contribution in [0.4, 0.5) is 4.39 Å². The number of hydrogen-bond donors (Lipinski definition) is 1. The molecule has 2 aromatic heterocycles. The van der Waals surface area contributed by atoms with Gasteiger partial charge in [0.25, 0.3) is 5.91 Å². The Balaban J connectivity index is 1.69. The number of rotatable bonds is 5. The first-order chi connectivity index (χ1) is 13.6. The monoisotopic (exact) mass is 381 g/mol. The average Bonchev–Trinajstić information content (AvgIpc) is 3.22. The van der Waals surface area contributed by atoms with Crippen molar-refractivity contribution in [3.05, 3.63) is 76.1 Å². The van der Waals surface area contributed by atoms with E-state index in [0.29, 0.717) is 13.2 Å². The van der Waals surface area contributed by atoms with Crippen molar-refractivity contribution < 1.29 is 13.9 Å². The molecule has 1 aliphatic rings. The van der Waals surface area contributed by atoms with Crippen LogP contribution in [-0.2, 0) is 11.3 Å². The number of aromatic amines is 1. The minimum Gasteiger partial charge on any atom is -0.376 e. The van der Waals surface area contributed by atoms with Gasteiger partial charge in [0.2, 0.25) is 5.43 Å². The minimum atomic E-state index is -0.529. The third-order valence-corrected chi connectivity index (χ3v) is 4.91. The molecule has 144 valence electrons. The molecular formula is C21H20FN3O3. The summed E-state index contributed by atoms with van der Waals surface area (Å²) in [6.07, 6.45) is 4.70. The van der Waals surface area contributed by atoms with Crippen molar-refractivity contribution in [1.82, 2.24) is 14.9 Å². The van der Waals surface area contributed by atoms with E-state index in [1.54, 1.807) is 17.2 Å². The Morgan fingerprint density at radius 1 is 1.29 bits per heavy atom. The smallest absolute Gasteiger partial charge is 0.259 e. The highest BCUT2D eigenvalue weighted by Crippen LogP contribution is 2.17. The number of nitrogens with one attached hydrogen (secondary N) is 1. The first-order valence-corrected chi connectivity index (χ1v) is 9.24. The van der Waals surface area contributed by atoms with Crippen LogP contribution in [0.3, 0.4) is 0 Å². The molecule has 0 aliphatic carbocycles. The van der Waals surface area contributed by atoms with Crippen molar-refractivity contribution in [3.63, 3.8) is 0 Å². The van der Waals surface area contributed by atoms with Crippen molar-refractivity contribution in [2.75, 3.05) is 13.2 Å². The fraction of sp³-hybridized carbons (Fsp3) is 0.286. The highest BCUT2D eigenvalue weighted by molar-refractivity contribution is 5.97. The Hall–Kier alpha value is -3.06. The number of halogens is 1. The summed E-state index contributed by atoms with van der Waals surface area (Å²) in [7, 11) is 0. The number of carbonyl (C=O) groups excluding carboxylic acids is 1. The molecule has 1 N–H and O–H groups in total. The van der Waals surface area contributed by atoms with Crippen molar-refractivity contribution >= 4 is 16.8 Å². The van der Waals surface area contributed by atoms with Crippen LogP contribution < -0.4 is 5.43 Å². The number of ether oxygens (including phenoxy) is 1. The summed E-state index contributed by atoms with van der Waals surface area (Å²) in [6, 6.07) is 9.72. The molecular weight excluding hydrogens is 361 g/mol. The Morgan fingerprint density at radius 2 is 2.18 bits per heavy atom. The van der Waals surface area contributed by atoms with E-state index in [9.17, 15) is 14.0 Å². The zero-order valence-corrected chi connectivity index (χ0v) is 15.2. The van der Waals surface area contributed by atoms with Gasteiger partial charge in [-0.3, -0.25) is 14.6 Å². The zero-order chi connectivity index (χ0) is 19.5. The molecule has 3 heterocycles. The summed E-state index contributed by atoms with van der Waals surface area (Å²) in [5.74, 6) is -0.952. The maximum absolute atomic E-state index is 13.9. The van der Waals surface area contributed by atoms with E-state index in [4.69, 9.17) is 4.74 Å². The average molecular weight is 381 g/mol. The lowest BCUT2D eigenvalue weighted by Gasteiger charge is -2.25. The molecule has 7 heteroatoms. The predicted molar refractivity (Wildman–Crippen MR) is 102 cm³/mol. The SMILES string of the molecule is O=C(c1c[nH]c2c(F)cccc2c1=O)N(Cc1ccccn1)C[C@H]1CCCO1. The standard InChI is InChI=1S/C21H20FN3O3/c22-18-8-3-7-16-19(18)24-11-17(20(16)26)21(27)25(13-15-6-4-10-28-15)12-14-5-1-2-9-23-14/h1-3,5,7-9,11,15H,4,6,10,12-13H2,(H,24,26)/t15-/m1/s1. The normalized spacial score (nSPS) is 16.4. The third-order valence-electron chi connectivity index (χ3n) is 4.91. The molecule has 28 heavy (non-hydrogen) atoms. The summed E-state index contributed by atoms with van der Waals surface area (Å²) in [4.78, 5) is 34.7. The summed E-state index contributed by atoms with van der Waals surface area (Å²) in [5.41, 5.74) is 0.306. The van der Waals surface area contributed by atoms with Gasteiger partial charge in [-0.2, -0.15) is 0 Å². The minimum absolute atomic E-state index is 0.0213. The summed E-state index contributed by atoms with van der Waals surface area (Å²) in [5, 5.41) is 0.153. The molecule has 0 saturated carbocycles. The predicted octanol–water partition coefficient (Wildman–Crippen LogP) is 2.88. The molecule has 4 rings (SSSR count). The van der Waals surface area contributed by atoms with E-state index in [1.165, 1.54) is 24.4 Å². The van der Waals surface area contributed by atoms with Crippen molar-refractivity contribution in [2.45, 2.75) is 25.5 Å². The molecule has 0 bridgehead atoms. The van der Waals surface area contributed by atoms with Gasteiger partial charge in [-0.15, -0.1) is 0 Å². The summed E-state index contributed by atoms with van der Waals surface area (Å²) < 4.78 is 19.6. The van der Waals surface area contributed by atoms with Gasteiger partial charge in [0, 0.05) is 30.9 Å². The number of H-pyrrole nitrogens is 1. The first-order valence-electron chi connectivity index (χ1n) is 9.24. The van der Waals surface area contributed by atoms with Gasteiger partial charge in [0.05, 0.1) is 23.9 Å². The van der Waals surface area contributed by atoms with E-state index in [2.05, 4.69) is 9.97 Å². The van der Waals surface area contributed by atoms with Crippen molar-refractivity contribution in [1.29, 1.82) is 0 Å². The Morgan fingerprint density at radius 3 is 2.93 bits per heavy atom. The second-order valence-electron chi connectivity index (χ2n) is 6.84. The Bertz CT molecular complexity index is 1050. The molecule has 0 spiro atoms. The lowest BCUT2D eigenvalue weighted by atomic mass is 10.1. The topological polar surface area (TPSA) is 75.3 Å². The molecule has 1 aliphatic heterocycles. The van der Waals surface area contributed by atoms with Crippen LogP contribution in [0.25, 0.3) is 10.9 Å². The zero-order valence-electron chi connectivity index (χ0n) is 15.2. The number of pyridine rings is 2. The van der Waals surface area contributed by atoms with Gasteiger partial charge in [0.15, 0.2) is 0 Å². The van der Waals surface area contributed by atoms with Gasteiger partial charge in [-0.25, -0.2) is 4.39 Å². The van der Waals surface area contributed by atoms with E-state index >= 15 is 0 Å². The fourth-order valence-electron chi connectivity index (χ4n) is 3.48. The van der Waals surface area contributed by atoms with Gasteiger partial charge in [-0.05, 0) is 37.1 Å². The molecule has 6 nitrogen and oxygen atoms in total.